The van der Waals surface area contributed by atoms with Gasteiger partial charge >= 0.3 is 0 Å². The molecule has 0 aromatic heterocycles. The van der Waals surface area contributed by atoms with Gasteiger partial charge in [0, 0.05) is 5.54 Å². The molecule has 0 radical (unpaired) electrons. The molecule has 0 fully saturated rings. The molecule has 19 heavy (non-hydrogen) atoms. The third-order valence-corrected chi connectivity index (χ3v) is 2.05. The van der Waals surface area contributed by atoms with Crippen LogP contribution in [0.2, 0.25) is 0 Å². The molecule has 0 spiro atoms. The SMILES string of the molecule is CC(C)(C)CC(C)(C)N(C(=N)N)C(=N)N.O=[N+]([O-])O. The fourth-order valence-corrected chi connectivity index (χ4v) is 2.16. The largest absolute Gasteiger partial charge is 0.370 e. The average Bonchev–Trinajstić information content (AvgIpc) is 1.92. The lowest BCUT2D eigenvalue weighted by atomic mass is 9.81. The topological polar surface area (TPSA) is 166 Å². The van der Waals surface area contributed by atoms with Crippen LogP contribution < -0.4 is 11.5 Å². The van der Waals surface area contributed by atoms with E-state index in [0.29, 0.717) is 0 Å². The van der Waals surface area contributed by atoms with Crippen molar-refractivity contribution >= 4 is 11.9 Å². The van der Waals surface area contributed by atoms with Crippen LogP contribution in [0.5, 0.6) is 0 Å². The second-order valence-electron chi connectivity index (χ2n) is 5.89. The fraction of sp³-hybridized carbons (Fsp3) is 0.800. The second kappa shape index (κ2) is 6.76. The Hall–Kier alpha value is -2.06. The molecule has 0 bridgehead atoms. The van der Waals surface area contributed by atoms with Gasteiger partial charge in [-0.1, -0.05) is 20.8 Å². The minimum absolute atomic E-state index is 0.0899. The second-order valence-corrected chi connectivity index (χ2v) is 5.89. The van der Waals surface area contributed by atoms with E-state index in [2.05, 4.69) is 20.8 Å². The minimum atomic E-state index is -1.50. The molecule has 0 aliphatic heterocycles. The van der Waals surface area contributed by atoms with Gasteiger partial charge in [-0.3, -0.25) is 15.7 Å². The summed E-state index contributed by atoms with van der Waals surface area (Å²) in [6.45, 7) is 10.2. The van der Waals surface area contributed by atoms with Crippen molar-refractivity contribution in [3.05, 3.63) is 10.1 Å². The van der Waals surface area contributed by atoms with Crippen molar-refractivity contribution in [3.63, 3.8) is 0 Å². The standard InChI is InChI=1S/C10H23N5.HNO3/c1-9(2,3)6-10(4,5)15(7(11)12)8(13)14;2-1(3)4/h6H2,1-5H3,(H3,11,12)(H3,13,14);(H,2,3,4). The van der Waals surface area contributed by atoms with Crippen LogP contribution in [-0.4, -0.2) is 32.7 Å². The van der Waals surface area contributed by atoms with Crippen LogP contribution >= 0.6 is 0 Å². The van der Waals surface area contributed by atoms with E-state index in [1.165, 1.54) is 4.90 Å². The molecule has 9 heteroatoms. The number of nitrogens with two attached hydrogens (primary N) is 2. The monoisotopic (exact) mass is 276 g/mol. The molecule has 0 heterocycles. The Kier molecular flexibility index (Phi) is 6.86. The van der Waals surface area contributed by atoms with Crippen molar-refractivity contribution in [3.8, 4) is 0 Å². The molecule has 0 atom stereocenters. The van der Waals surface area contributed by atoms with E-state index in [0.717, 1.165) is 6.42 Å². The van der Waals surface area contributed by atoms with Crippen molar-refractivity contribution in [2.24, 2.45) is 16.9 Å². The van der Waals surface area contributed by atoms with E-state index >= 15 is 0 Å². The molecule has 0 aliphatic rings. The average molecular weight is 276 g/mol. The maximum atomic E-state index is 8.36. The summed E-state index contributed by atoms with van der Waals surface area (Å²) in [6.07, 6.45) is 0.791. The Morgan fingerprint density at radius 2 is 1.47 bits per heavy atom. The van der Waals surface area contributed by atoms with E-state index in [9.17, 15) is 0 Å². The Bertz CT molecular complexity index is 330. The minimum Gasteiger partial charge on any atom is -0.370 e. The summed E-state index contributed by atoms with van der Waals surface area (Å²) in [5.74, 6) is -0.367. The lowest BCUT2D eigenvalue weighted by Gasteiger charge is -2.41. The Labute approximate surface area is 112 Å². The summed E-state index contributed by atoms with van der Waals surface area (Å²) in [5, 5.41) is 28.5. The van der Waals surface area contributed by atoms with E-state index in [1.54, 1.807) is 0 Å². The van der Waals surface area contributed by atoms with Crippen LogP contribution in [0, 0.1) is 26.3 Å². The molecule has 7 N–H and O–H groups in total. The number of hydrogen-bond donors (Lipinski definition) is 5. The Balaban J connectivity index is 0. The molecule has 0 aliphatic carbocycles. The van der Waals surface area contributed by atoms with Gasteiger partial charge in [-0.05, 0) is 25.7 Å². The number of hydrogen-bond acceptors (Lipinski definition) is 4. The van der Waals surface area contributed by atoms with Crippen molar-refractivity contribution < 1.29 is 10.3 Å². The molecule has 0 unspecified atom stereocenters. The van der Waals surface area contributed by atoms with Crippen LogP contribution in [0.4, 0.5) is 0 Å². The van der Waals surface area contributed by atoms with E-state index in [4.69, 9.17) is 37.6 Å². The van der Waals surface area contributed by atoms with Gasteiger partial charge in [0.1, 0.15) is 0 Å². The molecule has 0 aromatic rings. The Morgan fingerprint density at radius 1 is 1.21 bits per heavy atom. The van der Waals surface area contributed by atoms with Gasteiger partial charge in [0.15, 0.2) is 11.9 Å². The quantitative estimate of drug-likeness (QED) is 0.218. The molecule has 0 rings (SSSR count). The summed E-state index contributed by atoms with van der Waals surface area (Å²) in [6, 6.07) is 0. The van der Waals surface area contributed by atoms with Gasteiger partial charge in [-0.2, -0.15) is 0 Å². The van der Waals surface area contributed by atoms with Crippen LogP contribution in [0.3, 0.4) is 0 Å². The maximum Gasteiger partial charge on any atom is 0.291 e. The third kappa shape index (κ3) is 9.62. The van der Waals surface area contributed by atoms with Gasteiger partial charge in [-0.25, -0.2) is 0 Å². The predicted octanol–water partition coefficient (Wildman–Crippen LogP) is 0.942. The highest BCUT2D eigenvalue weighted by Gasteiger charge is 2.34. The van der Waals surface area contributed by atoms with Crippen molar-refractivity contribution in [2.45, 2.75) is 46.6 Å². The zero-order valence-electron chi connectivity index (χ0n) is 12.0. The highest BCUT2D eigenvalue weighted by molar-refractivity contribution is 5.95. The van der Waals surface area contributed by atoms with Crippen molar-refractivity contribution in [1.29, 1.82) is 10.8 Å². The number of nitrogens with zero attached hydrogens (tertiary/aromatic N) is 2. The predicted molar refractivity (Wildman–Crippen MR) is 72.6 cm³/mol. The van der Waals surface area contributed by atoms with Gasteiger partial charge in [0.05, 0.1) is 0 Å². The van der Waals surface area contributed by atoms with Crippen molar-refractivity contribution in [1.82, 2.24) is 4.90 Å². The summed E-state index contributed by atoms with van der Waals surface area (Å²) in [4.78, 5) is 9.71. The number of guanidine groups is 2. The first-order valence-corrected chi connectivity index (χ1v) is 5.52. The van der Waals surface area contributed by atoms with Gasteiger partial charge in [0.25, 0.3) is 5.09 Å². The maximum absolute atomic E-state index is 8.36. The van der Waals surface area contributed by atoms with Crippen LogP contribution in [0.1, 0.15) is 41.0 Å². The first-order chi connectivity index (χ1) is 8.20. The van der Waals surface area contributed by atoms with Gasteiger partial charge < -0.3 is 16.7 Å². The van der Waals surface area contributed by atoms with Gasteiger partial charge in [-0.15, -0.1) is 10.1 Å². The van der Waals surface area contributed by atoms with Crippen LogP contribution in [-0.2, 0) is 0 Å². The molecule has 0 aromatic carbocycles. The fourth-order valence-electron chi connectivity index (χ4n) is 2.16. The zero-order valence-corrected chi connectivity index (χ0v) is 12.0. The summed E-state index contributed by atoms with van der Waals surface area (Å²) < 4.78 is 0. The summed E-state index contributed by atoms with van der Waals surface area (Å²) >= 11 is 0. The Morgan fingerprint density at radius 3 is 1.63 bits per heavy atom. The van der Waals surface area contributed by atoms with Crippen LogP contribution in [0.25, 0.3) is 0 Å². The normalized spacial score (nSPS) is 11.0. The summed E-state index contributed by atoms with van der Waals surface area (Å²) in [5.41, 5.74) is 10.5. The smallest absolute Gasteiger partial charge is 0.291 e. The van der Waals surface area contributed by atoms with E-state index in [1.807, 2.05) is 13.8 Å². The zero-order chi connectivity index (χ0) is 16.0. The summed E-state index contributed by atoms with van der Waals surface area (Å²) in [7, 11) is 0. The first kappa shape index (κ1) is 19.3. The lowest BCUT2D eigenvalue weighted by Crippen LogP contribution is -2.57. The molecule has 0 amide bonds. The first-order valence-electron chi connectivity index (χ1n) is 5.52. The van der Waals surface area contributed by atoms with E-state index < -0.39 is 10.6 Å². The number of nitrogens with one attached hydrogen (secondary N) is 2. The van der Waals surface area contributed by atoms with Gasteiger partial charge in [0.2, 0.25) is 0 Å². The molecule has 0 saturated carbocycles. The van der Waals surface area contributed by atoms with Crippen LogP contribution in [0.15, 0.2) is 0 Å². The third-order valence-electron chi connectivity index (χ3n) is 2.05. The van der Waals surface area contributed by atoms with Crippen molar-refractivity contribution in [2.75, 3.05) is 0 Å². The highest BCUT2D eigenvalue weighted by Crippen LogP contribution is 2.30. The van der Waals surface area contributed by atoms with E-state index in [-0.39, 0.29) is 17.3 Å². The molecule has 112 valence electrons. The highest BCUT2D eigenvalue weighted by atomic mass is 16.9. The molecular weight excluding hydrogens is 252 g/mol. The number of rotatable bonds is 2. The molecule has 0 saturated heterocycles. The molecule has 9 nitrogen and oxygen atoms in total. The lowest BCUT2D eigenvalue weighted by molar-refractivity contribution is -0.742. The molecular formula is C10H24N6O3.